The van der Waals surface area contributed by atoms with Crippen LogP contribution in [0, 0.1) is 13.8 Å². The van der Waals surface area contributed by atoms with Crippen LogP contribution in [0.2, 0.25) is 5.02 Å². The molecule has 3 aromatic rings. The Morgan fingerprint density at radius 1 is 1.21 bits per heavy atom. The highest BCUT2D eigenvalue weighted by Crippen LogP contribution is 2.19. The van der Waals surface area contributed by atoms with E-state index in [0.29, 0.717) is 29.7 Å². The van der Waals surface area contributed by atoms with Crippen molar-refractivity contribution in [3.05, 3.63) is 52.6 Å². The summed E-state index contributed by atoms with van der Waals surface area (Å²) in [5.41, 5.74) is 3.06. The first-order valence-corrected chi connectivity index (χ1v) is 9.97. The van der Waals surface area contributed by atoms with E-state index in [4.69, 9.17) is 16.1 Å². The average molecular weight is 416 g/mol. The first-order valence-electron chi connectivity index (χ1n) is 9.59. The molecule has 0 aliphatic rings. The van der Waals surface area contributed by atoms with Crippen LogP contribution in [0.4, 0.5) is 0 Å². The summed E-state index contributed by atoms with van der Waals surface area (Å²) in [6.45, 7) is 6.39. The number of nitrogens with one attached hydrogen (secondary N) is 2. The van der Waals surface area contributed by atoms with Gasteiger partial charge in [-0.3, -0.25) is 9.67 Å². The molecule has 0 spiro atoms. The standard InChI is InChI=1S/C20H26ClN7O/c1-14-12-15(2)28(26-14)11-5-9-23-20(22-3)24-10-8-18-25-19(27-29-18)16-6-4-7-17(21)13-16/h4,6-7,12-13H,5,8-11H2,1-3H3,(H2,22,23,24). The number of hydrogen-bond acceptors (Lipinski definition) is 5. The van der Waals surface area contributed by atoms with Crippen LogP contribution >= 0.6 is 11.6 Å². The first-order chi connectivity index (χ1) is 14.0. The van der Waals surface area contributed by atoms with Crippen molar-refractivity contribution in [2.24, 2.45) is 4.99 Å². The van der Waals surface area contributed by atoms with E-state index < -0.39 is 0 Å². The van der Waals surface area contributed by atoms with Crippen molar-refractivity contribution in [2.75, 3.05) is 20.1 Å². The summed E-state index contributed by atoms with van der Waals surface area (Å²) in [5.74, 6) is 1.84. The van der Waals surface area contributed by atoms with Gasteiger partial charge < -0.3 is 15.2 Å². The van der Waals surface area contributed by atoms with Crippen LogP contribution in [0.15, 0.2) is 39.8 Å². The molecule has 29 heavy (non-hydrogen) atoms. The molecule has 0 aliphatic heterocycles. The van der Waals surface area contributed by atoms with E-state index in [1.807, 2.05) is 35.9 Å². The third-order valence-electron chi connectivity index (χ3n) is 4.35. The van der Waals surface area contributed by atoms with Gasteiger partial charge in [0.2, 0.25) is 11.7 Å². The van der Waals surface area contributed by atoms with Crippen LogP contribution < -0.4 is 10.6 Å². The fraction of sp³-hybridized carbons (Fsp3) is 0.400. The summed E-state index contributed by atoms with van der Waals surface area (Å²) in [6, 6.07) is 9.47. The molecule has 154 valence electrons. The van der Waals surface area contributed by atoms with Crippen molar-refractivity contribution in [3.63, 3.8) is 0 Å². The van der Waals surface area contributed by atoms with Gasteiger partial charge in [0.25, 0.3) is 0 Å². The first kappa shape index (κ1) is 20.9. The lowest BCUT2D eigenvalue weighted by atomic mass is 10.2. The Bertz CT molecular complexity index is 963. The molecule has 0 amide bonds. The Morgan fingerprint density at radius 3 is 2.76 bits per heavy atom. The largest absolute Gasteiger partial charge is 0.356 e. The van der Waals surface area contributed by atoms with Crippen molar-refractivity contribution in [3.8, 4) is 11.4 Å². The average Bonchev–Trinajstić information content (AvgIpc) is 3.29. The summed E-state index contributed by atoms with van der Waals surface area (Å²) in [4.78, 5) is 8.66. The Kier molecular flexibility index (Phi) is 7.24. The van der Waals surface area contributed by atoms with Crippen LogP contribution in [0.1, 0.15) is 23.7 Å². The molecule has 0 unspecified atom stereocenters. The fourth-order valence-corrected chi connectivity index (χ4v) is 3.14. The maximum Gasteiger partial charge on any atom is 0.228 e. The number of benzene rings is 1. The third kappa shape index (κ3) is 6.05. The number of rotatable bonds is 8. The van der Waals surface area contributed by atoms with Crippen LogP contribution in [-0.2, 0) is 13.0 Å². The lowest BCUT2D eigenvalue weighted by molar-refractivity contribution is 0.378. The molecule has 9 heteroatoms. The molecule has 0 bridgehead atoms. The molecular formula is C20H26ClN7O. The summed E-state index contributed by atoms with van der Waals surface area (Å²) >= 11 is 6.01. The zero-order chi connectivity index (χ0) is 20.6. The van der Waals surface area contributed by atoms with Crippen LogP contribution in [0.25, 0.3) is 11.4 Å². The molecule has 0 radical (unpaired) electrons. The quantitative estimate of drug-likeness (QED) is 0.333. The number of halogens is 1. The zero-order valence-corrected chi connectivity index (χ0v) is 17.7. The summed E-state index contributed by atoms with van der Waals surface area (Å²) in [6.07, 6.45) is 1.55. The van der Waals surface area contributed by atoms with Crippen molar-refractivity contribution in [1.82, 2.24) is 30.6 Å². The molecule has 3 rings (SSSR count). The van der Waals surface area contributed by atoms with Gasteiger partial charge in [-0.2, -0.15) is 10.1 Å². The van der Waals surface area contributed by atoms with Crippen molar-refractivity contribution in [1.29, 1.82) is 0 Å². The van der Waals surface area contributed by atoms with E-state index >= 15 is 0 Å². The fourth-order valence-electron chi connectivity index (χ4n) is 2.95. The Labute approximate surface area is 175 Å². The van der Waals surface area contributed by atoms with E-state index in [0.717, 1.165) is 36.7 Å². The van der Waals surface area contributed by atoms with Gasteiger partial charge in [-0.05, 0) is 38.5 Å². The van der Waals surface area contributed by atoms with E-state index in [-0.39, 0.29) is 0 Å². The second kappa shape index (κ2) is 10.1. The van der Waals surface area contributed by atoms with Crippen molar-refractivity contribution >= 4 is 17.6 Å². The molecule has 1 aromatic carbocycles. The molecule has 0 atom stereocenters. The van der Waals surface area contributed by atoms with Gasteiger partial charge in [0, 0.05) is 49.4 Å². The van der Waals surface area contributed by atoms with Gasteiger partial charge in [0.1, 0.15) is 0 Å². The molecule has 0 aliphatic carbocycles. The molecular weight excluding hydrogens is 390 g/mol. The molecule has 0 saturated carbocycles. The normalized spacial score (nSPS) is 11.7. The number of hydrogen-bond donors (Lipinski definition) is 2. The minimum atomic E-state index is 0.536. The third-order valence-corrected chi connectivity index (χ3v) is 4.58. The second-order valence-corrected chi connectivity index (χ2v) is 7.14. The lowest BCUT2D eigenvalue weighted by Crippen LogP contribution is -2.39. The van der Waals surface area contributed by atoms with Gasteiger partial charge in [-0.15, -0.1) is 0 Å². The lowest BCUT2D eigenvalue weighted by Gasteiger charge is -2.11. The predicted octanol–water partition coefficient (Wildman–Crippen LogP) is 3.00. The second-order valence-electron chi connectivity index (χ2n) is 6.70. The van der Waals surface area contributed by atoms with Gasteiger partial charge in [-0.1, -0.05) is 28.9 Å². The van der Waals surface area contributed by atoms with Crippen LogP contribution in [-0.4, -0.2) is 46.0 Å². The smallest absolute Gasteiger partial charge is 0.228 e. The van der Waals surface area contributed by atoms with Crippen LogP contribution in [0.3, 0.4) is 0 Å². The monoisotopic (exact) mass is 415 g/mol. The van der Waals surface area contributed by atoms with Gasteiger partial charge in [0.05, 0.1) is 5.69 Å². The van der Waals surface area contributed by atoms with E-state index in [2.05, 4.69) is 43.9 Å². The molecule has 0 fully saturated rings. The summed E-state index contributed by atoms with van der Waals surface area (Å²) < 4.78 is 7.35. The summed E-state index contributed by atoms with van der Waals surface area (Å²) in [5, 5.41) is 15.7. The van der Waals surface area contributed by atoms with E-state index in [9.17, 15) is 0 Å². The highest BCUT2D eigenvalue weighted by Gasteiger charge is 2.09. The van der Waals surface area contributed by atoms with Gasteiger partial charge >= 0.3 is 0 Å². The predicted molar refractivity (Wildman–Crippen MR) is 114 cm³/mol. The molecule has 0 saturated heterocycles. The van der Waals surface area contributed by atoms with Gasteiger partial charge in [0.15, 0.2) is 5.96 Å². The summed E-state index contributed by atoms with van der Waals surface area (Å²) in [7, 11) is 1.75. The van der Waals surface area contributed by atoms with Crippen LogP contribution in [0.5, 0.6) is 0 Å². The molecule has 2 aromatic heterocycles. The van der Waals surface area contributed by atoms with Crippen molar-refractivity contribution in [2.45, 2.75) is 33.2 Å². The Morgan fingerprint density at radius 2 is 2.03 bits per heavy atom. The highest BCUT2D eigenvalue weighted by molar-refractivity contribution is 6.30. The molecule has 8 nitrogen and oxygen atoms in total. The maximum absolute atomic E-state index is 6.01. The molecule has 2 heterocycles. The number of aliphatic imine (C=N–C) groups is 1. The Balaban J connectivity index is 1.39. The highest BCUT2D eigenvalue weighted by atomic mass is 35.5. The zero-order valence-electron chi connectivity index (χ0n) is 16.9. The van der Waals surface area contributed by atoms with Crippen molar-refractivity contribution < 1.29 is 4.52 Å². The Hall–Kier alpha value is -2.87. The number of aryl methyl sites for hydroxylation is 3. The van der Waals surface area contributed by atoms with E-state index in [1.165, 1.54) is 5.69 Å². The SMILES string of the molecule is CN=C(NCCCn1nc(C)cc1C)NCCc1nc(-c2cccc(Cl)c2)no1. The number of aromatic nitrogens is 4. The van der Waals surface area contributed by atoms with E-state index in [1.54, 1.807) is 7.05 Å². The topological polar surface area (TPSA) is 93.2 Å². The van der Waals surface area contributed by atoms with Gasteiger partial charge in [-0.25, -0.2) is 0 Å². The maximum atomic E-state index is 6.01. The minimum Gasteiger partial charge on any atom is -0.356 e. The molecule has 2 N–H and O–H groups in total. The minimum absolute atomic E-state index is 0.536. The number of nitrogens with zero attached hydrogens (tertiary/aromatic N) is 5. The number of guanidine groups is 1.